The molecule has 0 radical (unpaired) electrons. The second kappa shape index (κ2) is 8.13. The molecule has 1 aliphatic heterocycles. The summed E-state index contributed by atoms with van der Waals surface area (Å²) in [5, 5.41) is 0.685. The topological polar surface area (TPSA) is 60.1 Å². The van der Waals surface area contributed by atoms with Crippen molar-refractivity contribution in [1.82, 2.24) is 19.0 Å². The molecule has 7 heteroatoms. The number of benzene rings is 2. The number of nitrogens with zero attached hydrogens (tertiary/aromatic N) is 4. The van der Waals surface area contributed by atoms with Crippen molar-refractivity contribution in [3.63, 3.8) is 0 Å². The van der Waals surface area contributed by atoms with Crippen LogP contribution >= 0.6 is 11.6 Å². The highest BCUT2D eigenvalue weighted by molar-refractivity contribution is 6.30. The second-order valence-electron chi connectivity index (χ2n) is 7.87. The maximum absolute atomic E-state index is 13.2. The Hall–Kier alpha value is -3.64. The summed E-state index contributed by atoms with van der Waals surface area (Å²) in [5.74, 6) is -0.146. The molecule has 0 saturated heterocycles. The van der Waals surface area contributed by atoms with Crippen LogP contribution in [-0.2, 0) is 13.1 Å². The van der Waals surface area contributed by atoms with Crippen molar-refractivity contribution < 1.29 is 4.79 Å². The van der Waals surface area contributed by atoms with E-state index in [9.17, 15) is 9.59 Å². The molecule has 3 heterocycles. The smallest absolute Gasteiger partial charge is 0.275 e. The van der Waals surface area contributed by atoms with E-state index in [1.807, 2.05) is 55.5 Å². The fourth-order valence-electron chi connectivity index (χ4n) is 4.14. The third-order valence-electron chi connectivity index (χ3n) is 5.78. The molecule has 2 aromatic heterocycles. The monoisotopic (exact) mass is 444 g/mol. The van der Waals surface area contributed by atoms with E-state index < -0.39 is 0 Å². The van der Waals surface area contributed by atoms with Crippen LogP contribution in [-0.4, -0.2) is 31.5 Å². The highest BCUT2D eigenvalue weighted by Gasteiger charge is 2.26. The molecule has 5 rings (SSSR count). The Morgan fingerprint density at radius 1 is 0.969 bits per heavy atom. The summed E-state index contributed by atoms with van der Waals surface area (Å²) < 4.78 is 3.26. The molecule has 0 N–H and O–H groups in total. The summed E-state index contributed by atoms with van der Waals surface area (Å²) in [6.07, 6.45) is 3.41. The van der Waals surface area contributed by atoms with Gasteiger partial charge in [-0.15, -0.1) is 0 Å². The van der Waals surface area contributed by atoms with Gasteiger partial charge >= 0.3 is 0 Å². The maximum Gasteiger partial charge on any atom is 0.275 e. The van der Waals surface area contributed by atoms with Gasteiger partial charge in [0.2, 0.25) is 0 Å². The van der Waals surface area contributed by atoms with Gasteiger partial charge in [-0.2, -0.15) is 0 Å². The van der Waals surface area contributed by atoms with Gasteiger partial charge in [0.05, 0.1) is 12.0 Å². The highest BCUT2D eigenvalue weighted by atomic mass is 35.5. The second-order valence-corrected chi connectivity index (χ2v) is 8.31. The van der Waals surface area contributed by atoms with Crippen LogP contribution in [0.15, 0.2) is 78.0 Å². The Bertz CT molecular complexity index is 1370. The number of carbonyl (C=O) groups is 1. The van der Waals surface area contributed by atoms with Crippen LogP contribution < -0.4 is 5.56 Å². The number of aromatic nitrogens is 3. The Morgan fingerprint density at radius 3 is 2.50 bits per heavy atom. The zero-order valence-electron chi connectivity index (χ0n) is 17.5. The molecule has 6 nitrogen and oxygen atoms in total. The van der Waals surface area contributed by atoms with Crippen LogP contribution in [0.1, 0.15) is 21.7 Å². The largest absolute Gasteiger partial charge is 0.331 e. The van der Waals surface area contributed by atoms with Crippen molar-refractivity contribution in [3.8, 4) is 16.8 Å². The number of aryl methyl sites for hydroxylation is 1. The van der Waals surface area contributed by atoms with E-state index in [0.29, 0.717) is 36.0 Å². The number of carbonyl (C=O) groups excluding carboxylic acids is 1. The van der Waals surface area contributed by atoms with Gasteiger partial charge in [-0.05, 0) is 47.9 Å². The number of amides is 1. The normalized spacial score (nSPS) is 13.3. The predicted octanol–water partition coefficient (Wildman–Crippen LogP) is 4.32. The van der Waals surface area contributed by atoms with Gasteiger partial charge in [-0.25, -0.2) is 4.98 Å². The number of hydrogen-bond acceptors (Lipinski definition) is 3. The molecule has 0 fully saturated rings. The standard InChI is InChI=1S/C25H21ClN4O2/c1-17-14-29(16-27-17)22-10-11-23-24(31)28(12-13-30(23)25(22)32)15-19-4-2-3-5-21(19)18-6-8-20(26)9-7-18/h2-11,14,16H,12-13,15H2,1H3. The van der Waals surface area contributed by atoms with Gasteiger partial charge in [0.15, 0.2) is 0 Å². The van der Waals surface area contributed by atoms with Gasteiger partial charge in [0.1, 0.15) is 11.4 Å². The number of hydrogen-bond donors (Lipinski definition) is 0. The van der Waals surface area contributed by atoms with Crippen molar-refractivity contribution in [1.29, 1.82) is 0 Å². The number of fused-ring (bicyclic) bond motifs is 1. The lowest BCUT2D eigenvalue weighted by atomic mass is 9.99. The molecule has 0 bridgehead atoms. The minimum Gasteiger partial charge on any atom is -0.331 e. The van der Waals surface area contributed by atoms with Crippen molar-refractivity contribution >= 4 is 17.5 Å². The number of pyridine rings is 1. The molecular formula is C25H21ClN4O2. The molecule has 0 saturated carbocycles. The summed E-state index contributed by atoms with van der Waals surface area (Å²) >= 11 is 6.04. The zero-order valence-corrected chi connectivity index (χ0v) is 18.3. The Kier molecular flexibility index (Phi) is 5.15. The lowest BCUT2D eigenvalue weighted by Gasteiger charge is -2.30. The lowest BCUT2D eigenvalue weighted by molar-refractivity contribution is 0.0687. The maximum atomic E-state index is 13.2. The fourth-order valence-corrected chi connectivity index (χ4v) is 4.26. The summed E-state index contributed by atoms with van der Waals surface area (Å²) in [7, 11) is 0. The SMILES string of the molecule is Cc1cn(-c2ccc3n(c2=O)CCN(Cc2ccccc2-c2ccc(Cl)cc2)C3=O)cn1. The molecule has 32 heavy (non-hydrogen) atoms. The highest BCUT2D eigenvalue weighted by Crippen LogP contribution is 2.27. The third-order valence-corrected chi connectivity index (χ3v) is 6.03. The van der Waals surface area contributed by atoms with Gasteiger partial charge in [-0.1, -0.05) is 48.0 Å². The van der Waals surface area contributed by atoms with Crippen LogP contribution in [0.25, 0.3) is 16.8 Å². The van der Waals surface area contributed by atoms with E-state index in [2.05, 4.69) is 4.98 Å². The molecule has 0 spiro atoms. The molecule has 1 amide bonds. The van der Waals surface area contributed by atoms with E-state index in [0.717, 1.165) is 22.4 Å². The van der Waals surface area contributed by atoms with Crippen LogP contribution in [0.2, 0.25) is 5.02 Å². The summed E-state index contributed by atoms with van der Waals surface area (Å²) in [6.45, 7) is 3.25. The molecule has 160 valence electrons. The molecule has 0 unspecified atom stereocenters. The van der Waals surface area contributed by atoms with Crippen LogP contribution in [0, 0.1) is 6.92 Å². The molecule has 1 aliphatic rings. The summed E-state index contributed by atoms with van der Waals surface area (Å²) in [5.41, 5.74) is 4.69. The Morgan fingerprint density at radius 2 is 1.75 bits per heavy atom. The van der Waals surface area contributed by atoms with Crippen molar-refractivity contribution in [2.75, 3.05) is 6.54 Å². The van der Waals surface area contributed by atoms with Crippen molar-refractivity contribution in [2.45, 2.75) is 20.0 Å². The first kappa shape index (κ1) is 20.3. The summed E-state index contributed by atoms with van der Waals surface area (Å²) in [6, 6.07) is 19.1. The number of imidazole rings is 1. The molecule has 0 atom stereocenters. The minimum atomic E-state index is -0.186. The predicted molar refractivity (Wildman–Crippen MR) is 124 cm³/mol. The van der Waals surface area contributed by atoms with Gasteiger partial charge in [-0.3, -0.25) is 9.59 Å². The minimum absolute atomic E-state index is 0.146. The van der Waals surface area contributed by atoms with E-state index in [-0.39, 0.29) is 11.5 Å². The fraction of sp³-hybridized carbons (Fsp3) is 0.160. The zero-order chi connectivity index (χ0) is 22.2. The van der Waals surface area contributed by atoms with E-state index in [1.54, 1.807) is 38.7 Å². The molecule has 0 aliphatic carbocycles. The Balaban J connectivity index is 1.45. The molecule has 2 aromatic carbocycles. The van der Waals surface area contributed by atoms with Crippen LogP contribution in [0.5, 0.6) is 0 Å². The van der Waals surface area contributed by atoms with Gasteiger partial charge < -0.3 is 14.0 Å². The van der Waals surface area contributed by atoms with E-state index in [1.165, 1.54) is 0 Å². The van der Waals surface area contributed by atoms with Gasteiger partial charge in [0, 0.05) is 30.9 Å². The van der Waals surface area contributed by atoms with Crippen LogP contribution in [0.4, 0.5) is 0 Å². The van der Waals surface area contributed by atoms with Crippen LogP contribution in [0.3, 0.4) is 0 Å². The first-order valence-electron chi connectivity index (χ1n) is 10.4. The first-order chi connectivity index (χ1) is 15.5. The summed E-state index contributed by atoms with van der Waals surface area (Å²) in [4.78, 5) is 32.3. The lowest BCUT2D eigenvalue weighted by Crippen LogP contribution is -2.44. The number of rotatable bonds is 4. The Labute approximate surface area is 190 Å². The average Bonchev–Trinajstić information content (AvgIpc) is 3.23. The van der Waals surface area contributed by atoms with Gasteiger partial charge in [0.25, 0.3) is 11.5 Å². The quantitative estimate of drug-likeness (QED) is 0.471. The van der Waals surface area contributed by atoms with Crippen molar-refractivity contribution in [3.05, 3.63) is 106 Å². The number of halogens is 1. The average molecular weight is 445 g/mol. The van der Waals surface area contributed by atoms with E-state index >= 15 is 0 Å². The van der Waals surface area contributed by atoms with Crippen molar-refractivity contribution in [2.24, 2.45) is 0 Å². The van der Waals surface area contributed by atoms with E-state index in [4.69, 9.17) is 11.6 Å². The molecule has 4 aromatic rings. The first-order valence-corrected chi connectivity index (χ1v) is 10.8. The third kappa shape index (κ3) is 3.63. The molecular weight excluding hydrogens is 424 g/mol.